The Bertz CT molecular complexity index is 770. The van der Waals surface area contributed by atoms with Gasteiger partial charge in [0.25, 0.3) is 5.91 Å². The van der Waals surface area contributed by atoms with Gasteiger partial charge in [0.2, 0.25) is 6.79 Å². The van der Waals surface area contributed by atoms with Crippen LogP contribution in [-0.4, -0.2) is 35.8 Å². The Kier molecular flexibility index (Phi) is 6.04. The van der Waals surface area contributed by atoms with Crippen LogP contribution in [0.4, 0.5) is 0 Å². The predicted molar refractivity (Wildman–Crippen MR) is 103 cm³/mol. The zero-order valence-corrected chi connectivity index (χ0v) is 16.5. The maximum Gasteiger partial charge on any atom is 0.276 e. The Balaban J connectivity index is 1.74. The van der Waals surface area contributed by atoms with Gasteiger partial charge in [-0.25, -0.2) is 0 Å². The first-order valence-corrected chi connectivity index (χ1v) is 9.60. The summed E-state index contributed by atoms with van der Waals surface area (Å²) in [6, 6.07) is 7.25. The molecule has 2 heterocycles. The van der Waals surface area contributed by atoms with Gasteiger partial charge in [0.05, 0.1) is 0 Å². The van der Waals surface area contributed by atoms with Crippen molar-refractivity contribution in [3.63, 3.8) is 0 Å². The summed E-state index contributed by atoms with van der Waals surface area (Å²) in [7, 11) is 0. The minimum atomic E-state index is -0.0768. The molecule has 0 saturated carbocycles. The van der Waals surface area contributed by atoms with Gasteiger partial charge in [-0.3, -0.25) is 4.79 Å². The average molecular weight is 372 g/mol. The molecule has 0 radical (unpaired) electrons. The van der Waals surface area contributed by atoms with Crippen molar-refractivity contribution >= 4 is 5.91 Å². The molecule has 1 aliphatic rings. The lowest BCUT2D eigenvalue weighted by Gasteiger charge is -2.23. The molecule has 1 aromatic heterocycles. The summed E-state index contributed by atoms with van der Waals surface area (Å²) in [5.74, 6) is 2.94. The van der Waals surface area contributed by atoms with Crippen molar-refractivity contribution in [2.75, 3.05) is 19.9 Å². The molecule has 146 valence electrons. The standard InChI is InChI=1S/C21H28N2O4/c1-14(2)7-9-23(10-8-15(3)4)21(24)17-12-19(27-22-17)16-5-6-18-20(11-16)26-13-25-18/h5-6,11-12,14-15H,7-10,13H2,1-4H3. The number of rotatable bonds is 8. The number of nitrogens with zero attached hydrogens (tertiary/aromatic N) is 2. The van der Waals surface area contributed by atoms with E-state index in [2.05, 4.69) is 32.9 Å². The van der Waals surface area contributed by atoms with Gasteiger partial charge in [0, 0.05) is 24.7 Å². The van der Waals surface area contributed by atoms with Crippen LogP contribution in [-0.2, 0) is 0 Å². The van der Waals surface area contributed by atoms with Crippen LogP contribution in [0, 0.1) is 11.8 Å². The number of carbonyl (C=O) groups excluding carboxylic acids is 1. The largest absolute Gasteiger partial charge is 0.454 e. The van der Waals surface area contributed by atoms with Crippen LogP contribution < -0.4 is 9.47 Å². The lowest BCUT2D eigenvalue weighted by molar-refractivity contribution is 0.0730. The Morgan fingerprint density at radius 3 is 2.37 bits per heavy atom. The molecule has 27 heavy (non-hydrogen) atoms. The van der Waals surface area contributed by atoms with E-state index in [4.69, 9.17) is 14.0 Å². The van der Waals surface area contributed by atoms with E-state index in [1.165, 1.54) is 0 Å². The minimum Gasteiger partial charge on any atom is -0.454 e. The van der Waals surface area contributed by atoms with Crippen LogP contribution in [0.5, 0.6) is 11.5 Å². The van der Waals surface area contributed by atoms with Gasteiger partial charge in [0.1, 0.15) is 0 Å². The monoisotopic (exact) mass is 372 g/mol. The number of benzene rings is 1. The molecule has 3 rings (SSSR count). The SMILES string of the molecule is CC(C)CCN(CCC(C)C)C(=O)c1cc(-c2ccc3c(c2)OCO3)on1. The minimum absolute atomic E-state index is 0.0768. The molecular weight excluding hydrogens is 344 g/mol. The number of hydrogen-bond donors (Lipinski definition) is 0. The smallest absolute Gasteiger partial charge is 0.276 e. The van der Waals surface area contributed by atoms with E-state index in [1.54, 1.807) is 6.07 Å². The van der Waals surface area contributed by atoms with Crippen molar-refractivity contribution in [2.45, 2.75) is 40.5 Å². The van der Waals surface area contributed by atoms with Gasteiger partial charge in [0.15, 0.2) is 23.0 Å². The summed E-state index contributed by atoms with van der Waals surface area (Å²) < 4.78 is 16.2. The fourth-order valence-electron chi connectivity index (χ4n) is 2.87. The predicted octanol–water partition coefficient (Wildman–Crippen LogP) is 4.60. The summed E-state index contributed by atoms with van der Waals surface area (Å²) in [4.78, 5) is 14.9. The van der Waals surface area contributed by atoms with E-state index in [-0.39, 0.29) is 12.7 Å². The van der Waals surface area contributed by atoms with Gasteiger partial charge in [-0.15, -0.1) is 0 Å². The summed E-state index contributed by atoms with van der Waals surface area (Å²) >= 11 is 0. The molecule has 0 bridgehead atoms. The Morgan fingerprint density at radius 1 is 1.04 bits per heavy atom. The number of hydrogen-bond acceptors (Lipinski definition) is 5. The molecule has 0 fully saturated rings. The summed E-state index contributed by atoms with van der Waals surface area (Å²) in [5.41, 5.74) is 1.15. The highest BCUT2D eigenvalue weighted by Gasteiger charge is 2.22. The van der Waals surface area contributed by atoms with E-state index < -0.39 is 0 Å². The van der Waals surface area contributed by atoms with Crippen LogP contribution in [0.25, 0.3) is 11.3 Å². The van der Waals surface area contributed by atoms with Crippen molar-refractivity contribution in [3.05, 3.63) is 30.0 Å². The van der Waals surface area contributed by atoms with Crippen molar-refractivity contribution in [1.82, 2.24) is 10.1 Å². The zero-order chi connectivity index (χ0) is 19.4. The third kappa shape index (κ3) is 4.81. The zero-order valence-electron chi connectivity index (χ0n) is 16.5. The molecule has 6 heteroatoms. The molecule has 2 aromatic rings. The lowest BCUT2D eigenvalue weighted by Crippen LogP contribution is -2.34. The molecule has 0 atom stereocenters. The highest BCUT2D eigenvalue weighted by Crippen LogP contribution is 2.36. The summed E-state index contributed by atoms with van der Waals surface area (Å²) in [6.45, 7) is 10.3. The number of aromatic nitrogens is 1. The Hall–Kier alpha value is -2.50. The van der Waals surface area contributed by atoms with Gasteiger partial charge < -0.3 is 18.9 Å². The average Bonchev–Trinajstić information content (AvgIpc) is 3.29. The fourth-order valence-corrected chi connectivity index (χ4v) is 2.87. The second kappa shape index (κ2) is 8.46. The molecule has 1 aromatic carbocycles. The van der Waals surface area contributed by atoms with E-state index in [0.717, 1.165) is 31.5 Å². The van der Waals surface area contributed by atoms with Gasteiger partial charge in [-0.1, -0.05) is 32.9 Å². The maximum atomic E-state index is 13.0. The Morgan fingerprint density at radius 2 is 1.70 bits per heavy atom. The second-order valence-corrected chi connectivity index (χ2v) is 7.80. The van der Waals surface area contributed by atoms with E-state index in [0.29, 0.717) is 34.8 Å². The van der Waals surface area contributed by atoms with Crippen LogP contribution in [0.2, 0.25) is 0 Å². The highest BCUT2D eigenvalue weighted by molar-refractivity contribution is 5.93. The van der Waals surface area contributed by atoms with E-state index >= 15 is 0 Å². The molecule has 1 amide bonds. The first-order valence-electron chi connectivity index (χ1n) is 9.60. The molecule has 0 spiro atoms. The quantitative estimate of drug-likeness (QED) is 0.677. The topological polar surface area (TPSA) is 64.8 Å². The molecule has 0 unspecified atom stereocenters. The fraction of sp³-hybridized carbons (Fsp3) is 0.524. The third-order valence-electron chi connectivity index (χ3n) is 4.63. The Labute approximate surface area is 160 Å². The first-order chi connectivity index (χ1) is 12.9. The first kappa shape index (κ1) is 19.3. The van der Waals surface area contributed by atoms with E-state index in [9.17, 15) is 4.79 Å². The van der Waals surface area contributed by atoms with Crippen LogP contribution >= 0.6 is 0 Å². The summed E-state index contributed by atoms with van der Waals surface area (Å²) in [5, 5.41) is 4.02. The molecule has 0 saturated heterocycles. The number of fused-ring (bicyclic) bond motifs is 1. The normalized spacial score (nSPS) is 12.8. The number of carbonyl (C=O) groups is 1. The molecular formula is C21H28N2O4. The van der Waals surface area contributed by atoms with Crippen LogP contribution in [0.1, 0.15) is 51.0 Å². The number of amides is 1. The maximum absolute atomic E-state index is 13.0. The van der Waals surface area contributed by atoms with E-state index in [1.807, 2.05) is 23.1 Å². The van der Waals surface area contributed by atoms with Gasteiger partial charge >= 0.3 is 0 Å². The van der Waals surface area contributed by atoms with Crippen LogP contribution in [0.15, 0.2) is 28.8 Å². The number of ether oxygens (including phenoxy) is 2. The lowest BCUT2D eigenvalue weighted by atomic mass is 10.1. The van der Waals surface area contributed by atoms with Crippen molar-refractivity contribution in [1.29, 1.82) is 0 Å². The summed E-state index contributed by atoms with van der Waals surface area (Å²) in [6.07, 6.45) is 1.94. The van der Waals surface area contributed by atoms with Crippen molar-refractivity contribution in [3.8, 4) is 22.8 Å². The third-order valence-corrected chi connectivity index (χ3v) is 4.63. The van der Waals surface area contributed by atoms with Crippen molar-refractivity contribution < 1.29 is 18.8 Å². The van der Waals surface area contributed by atoms with Crippen molar-refractivity contribution in [2.24, 2.45) is 11.8 Å². The molecule has 6 nitrogen and oxygen atoms in total. The molecule has 0 aliphatic carbocycles. The van der Waals surface area contributed by atoms with Crippen LogP contribution in [0.3, 0.4) is 0 Å². The van der Waals surface area contributed by atoms with Gasteiger partial charge in [-0.2, -0.15) is 0 Å². The van der Waals surface area contributed by atoms with Gasteiger partial charge in [-0.05, 0) is 42.9 Å². The molecule has 1 aliphatic heterocycles. The molecule has 0 N–H and O–H groups in total. The second-order valence-electron chi connectivity index (χ2n) is 7.80. The highest BCUT2D eigenvalue weighted by atomic mass is 16.7.